The van der Waals surface area contributed by atoms with Crippen molar-refractivity contribution in [2.24, 2.45) is 5.92 Å². The van der Waals surface area contributed by atoms with E-state index in [1.165, 1.54) is 17.8 Å². The van der Waals surface area contributed by atoms with Gasteiger partial charge in [-0.2, -0.15) is 0 Å². The van der Waals surface area contributed by atoms with Crippen LogP contribution in [-0.2, 0) is 11.3 Å². The fraction of sp³-hybridized carbons (Fsp3) is 0.458. The van der Waals surface area contributed by atoms with Crippen LogP contribution < -0.4 is 9.64 Å². The Kier molecular flexibility index (Phi) is 6.53. The highest BCUT2D eigenvalue weighted by molar-refractivity contribution is 5.79. The van der Waals surface area contributed by atoms with Crippen LogP contribution in [0.1, 0.15) is 18.4 Å². The Balaban J connectivity index is 1.23. The minimum Gasteiger partial charge on any atom is -0.497 e. The first kappa shape index (κ1) is 20.7. The smallest absolute Gasteiger partial charge is 0.225 e. The molecule has 0 atom stereocenters. The summed E-state index contributed by atoms with van der Waals surface area (Å²) < 4.78 is 18.3. The number of carbonyl (C=O) groups is 1. The quantitative estimate of drug-likeness (QED) is 0.756. The van der Waals surface area contributed by atoms with Crippen molar-refractivity contribution in [2.45, 2.75) is 19.4 Å². The molecule has 5 nitrogen and oxygen atoms in total. The molecule has 0 aromatic heterocycles. The lowest BCUT2D eigenvalue weighted by molar-refractivity contribution is -0.137. The van der Waals surface area contributed by atoms with Crippen molar-refractivity contribution in [3.8, 4) is 5.75 Å². The molecule has 0 bridgehead atoms. The SMILES string of the molecule is COc1ccc(N2CCN(C(=O)C3CCN(Cc4ccc(F)cc4)CC3)CC2)cc1. The van der Waals surface area contributed by atoms with Crippen molar-refractivity contribution < 1.29 is 13.9 Å². The maximum atomic E-state index is 13.1. The molecular weight excluding hydrogens is 381 g/mol. The van der Waals surface area contributed by atoms with Crippen molar-refractivity contribution in [2.75, 3.05) is 51.3 Å². The zero-order valence-electron chi connectivity index (χ0n) is 17.6. The van der Waals surface area contributed by atoms with Gasteiger partial charge in [0.05, 0.1) is 7.11 Å². The molecule has 160 valence electrons. The number of piperidine rings is 1. The number of hydrogen-bond donors (Lipinski definition) is 0. The number of methoxy groups -OCH3 is 1. The van der Waals surface area contributed by atoms with Crippen LogP contribution in [0, 0.1) is 11.7 Å². The van der Waals surface area contributed by atoms with Gasteiger partial charge in [-0.1, -0.05) is 12.1 Å². The summed E-state index contributed by atoms with van der Waals surface area (Å²) in [6.07, 6.45) is 1.80. The summed E-state index contributed by atoms with van der Waals surface area (Å²) >= 11 is 0. The van der Waals surface area contributed by atoms with E-state index in [1.807, 2.05) is 29.2 Å². The van der Waals surface area contributed by atoms with E-state index in [-0.39, 0.29) is 11.7 Å². The molecule has 2 heterocycles. The Labute approximate surface area is 178 Å². The highest BCUT2D eigenvalue weighted by atomic mass is 19.1. The first-order valence-electron chi connectivity index (χ1n) is 10.8. The van der Waals surface area contributed by atoms with E-state index in [1.54, 1.807) is 7.11 Å². The highest BCUT2D eigenvalue weighted by Gasteiger charge is 2.30. The maximum Gasteiger partial charge on any atom is 0.225 e. The van der Waals surface area contributed by atoms with Crippen LogP contribution in [0.15, 0.2) is 48.5 Å². The van der Waals surface area contributed by atoms with Crippen LogP contribution in [0.4, 0.5) is 10.1 Å². The van der Waals surface area contributed by atoms with E-state index in [9.17, 15) is 9.18 Å². The van der Waals surface area contributed by atoms with Crippen LogP contribution in [0.25, 0.3) is 0 Å². The summed E-state index contributed by atoms with van der Waals surface area (Å²) in [5, 5.41) is 0. The minimum atomic E-state index is -0.199. The molecule has 1 amide bonds. The molecule has 2 aromatic rings. The summed E-state index contributed by atoms with van der Waals surface area (Å²) in [5.41, 5.74) is 2.30. The molecule has 0 N–H and O–H groups in total. The molecule has 0 spiro atoms. The van der Waals surface area contributed by atoms with E-state index in [2.05, 4.69) is 21.9 Å². The standard InChI is InChI=1S/C24H30FN3O2/c1-30-23-8-6-22(7-9-23)27-14-16-28(17-15-27)24(29)20-10-12-26(13-11-20)18-19-2-4-21(25)5-3-19/h2-9,20H,10-18H2,1H3. The third-order valence-corrected chi connectivity index (χ3v) is 6.29. The minimum absolute atomic E-state index is 0.127. The van der Waals surface area contributed by atoms with Crippen molar-refractivity contribution in [1.29, 1.82) is 0 Å². The molecule has 2 fully saturated rings. The Morgan fingerprint density at radius 3 is 2.17 bits per heavy atom. The Morgan fingerprint density at radius 1 is 0.933 bits per heavy atom. The number of hydrogen-bond acceptors (Lipinski definition) is 4. The number of amides is 1. The Morgan fingerprint density at radius 2 is 1.57 bits per heavy atom. The monoisotopic (exact) mass is 411 g/mol. The second kappa shape index (κ2) is 9.47. The number of carbonyl (C=O) groups excluding carboxylic acids is 1. The second-order valence-corrected chi connectivity index (χ2v) is 8.19. The highest BCUT2D eigenvalue weighted by Crippen LogP contribution is 2.24. The van der Waals surface area contributed by atoms with Crippen LogP contribution in [0.5, 0.6) is 5.75 Å². The van der Waals surface area contributed by atoms with Crippen molar-refractivity contribution in [1.82, 2.24) is 9.80 Å². The molecule has 2 aliphatic heterocycles. The van der Waals surface area contributed by atoms with Gasteiger partial charge in [0.1, 0.15) is 11.6 Å². The van der Waals surface area contributed by atoms with Gasteiger partial charge >= 0.3 is 0 Å². The summed E-state index contributed by atoms with van der Waals surface area (Å²) in [6.45, 7) is 5.94. The summed E-state index contributed by atoms with van der Waals surface area (Å²) in [4.78, 5) is 19.7. The summed E-state index contributed by atoms with van der Waals surface area (Å²) in [6, 6.07) is 14.8. The summed E-state index contributed by atoms with van der Waals surface area (Å²) in [7, 11) is 1.67. The lowest BCUT2D eigenvalue weighted by Crippen LogP contribution is -2.51. The third-order valence-electron chi connectivity index (χ3n) is 6.29. The zero-order chi connectivity index (χ0) is 20.9. The van der Waals surface area contributed by atoms with Crippen LogP contribution >= 0.6 is 0 Å². The molecule has 0 unspecified atom stereocenters. The van der Waals surface area contributed by atoms with E-state index < -0.39 is 0 Å². The van der Waals surface area contributed by atoms with E-state index >= 15 is 0 Å². The van der Waals surface area contributed by atoms with Gasteiger partial charge in [0.25, 0.3) is 0 Å². The average Bonchev–Trinajstić information content (AvgIpc) is 2.81. The van der Waals surface area contributed by atoms with E-state index in [0.29, 0.717) is 5.91 Å². The Hall–Kier alpha value is -2.60. The molecule has 2 saturated heterocycles. The number of anilines is 1. The first-order valence-corrected chi connectivity index (χ1v) is 10.8. The van der Waals surface area contributed by atoms with Gasteiger partial charge in [-0.05, 0) is 67.9 Å². The fourth-order valence-corrected chi connectivity index (χ4v) is 4.42. The fourth-order valence-electron chi connectivity index (χ4n) is 4.42. The number of rotatable bonds is 5. The molecule has 0 aliphatic carbocycles. The molecule has 0 saturated carbocycles. The van der Waals surface area contributed by atoms with Crippen molar-refractivity contribution >= 4 is 11.6 Å². The van der Waals surface area contributed by atoms with Gasteiger partial charge in [-0.15, -0.1) is 0 Å². The number of piperazine rings is 1. The Bertz CT molecular complexity index is 825. The van der Waals surface area contributed by atoms with Gasteiger partial charge in [0, 0.05) is 44.3 Å². The molecule has 2 aromatic carbocycles. The van der Waals surface area contributed by atoms with Crippen LogP contribution in [-0.4, -0.2) is 62.1 Å². The largest absolute Gasteiger partial charge is 0.497 e. The van der Waals surface area contributed by atoms with Crippen molar-refractivity contribution in [3.05, 3.63) is 59.9 Å². The molecular formula is C24H30FN3O2. The normalized spacial score (nSPS) is 18.5. The molecule has 6 heteroatoms. The predicted octanol–water partition coefficient (Wildman–Crippen LogP) is 3.40. The molecule has 0 radical (unpaired) electrons. The number of likely N-dealkylation sites (tertiary alicyclic amines) is 1. The molecule has 2 aliphatic rings. The van der Waals surface area contributed by atoms with Gasteiger partial charge < -0.3 is 14.5 Å². The van der Waals surface area contributed by atoms with Crippen LogP contribution in [0.3, 0.4) is 0 Å². The number of benzene rings is 2. The number of halogens is 1. The van der Waals surface area contributed by atoms with E-state index in [0.717, 1.165) is 70.0 Å². The summed E-state index contributed by atoms with van der Waals surface area (Å²) in [5.74, 6) is 1.10. The van der Waals surface area contributed by atoms with Gasteiger partial charge in [0.15, 0.2) is 0 Å². The van der Waals surface area contributed by atoms with E-state index in [4.69, 9.17) is 4.74 Å². The maximum absolute atomic E-state index is 13.1. The average molecular weight is 412 g/mol. The van der Waals surface area contributed by atoms with Crippen molar-refractivity contribution in [3.63, 3.8) is 0 Å². The topological polar surface area (TPSA) is 36.0 Å². The third kappa shape index (κ3) is 4.93. The lowest BCUT2D eigenvalue weighted by Gasteiger charge is -2.39. The first-order chi connectivity index (χ1) is 14.6. The predicted molar refractivity (Wildman–Crippen MR) is 116 cm³/mol. The molecule has 4 rings (SSSR count). The number of ether oxygens (including phenoxy) is 1. The van der Waals surface area contributed by atoms with Gasteiger partial charge in [-0.3, -0.25) is 9.69 Å². The van der Waals surface area contributed by atoms with Gasteiger partial charge in [0.2, 0.25) is 5.91 Å². The number of nitrogens with zero attached hydrogens (tertiary/aromatic N) is 3. The zero-order valence-corrected chi connectivity index (χ0v) is 17.6. The second-order valence-electron chi connectivity index (χ2n) is 8.19. The lowest BCUT2D eigenvalue weighted by atomic mass is 9.94. The van der Waals surface area contributed by atoms with Gasteiger partial charge in [-0.25, -0.2) is 4.39 Å². The van der Waals surface area contributed by atoms with Crippen LogP contribution in [0.2, 0.25) is 0 Å². The molecule has 30 heavy (non-hydrogen) atoms.